The van der Waals surface area contributed by atoms with Gasteiger partial charge in [0.05, 0.1) is 6.61 Å². The fraction of sp³-hybridized carbons (Fsp3) is 0.500. The minimum atomic E-state index is -0.964. The fourth-order valence-electron chi connectivity index (χ4n) is 2.76. The van der Waals surface area contributed by atoms with E-state index in [4.69, 9.17) is 4.74 Å². The molecule has 18 heavy (non-hydrogen) atoms. The van der Waals surface area contributed by atoms with Gasteiger partial charge in [-0.3, -0.25) is 5.32 Å². The molecular weight excluding hydrogens is 230 g/mol. The molecule has 4 heteroatoms. The summed E-state index contributed by atoms with van der Waals surface area (Å²) in [7, 11) is 1.62. The summed E-state index contributed by atoms with van der Waals surface area (Å²) in [4.78, 5) is 11.7. The molecule has 1 aromatic rings. The molecule has 2 N–H and O–H groups in total. The number of hydrogen-bond donors (Lipinski definition) is 2. The van der Waals surface area contributed by atoms with Crippen LogP contribution < -0.4 is 5.32 Å². The van der Waals surface area contributed by atoms with Gasteiger partial charge in [-0.15, -0.1) is 0 Å². The van der Waals surface area contributed by atoms with Crippen LogP contribution in [-0.2, 0) is 21.5 Å². The molecule has 2 rings (SSSR count). The summed E-state index contributed by atoms with van der Waals surface area (Å²) >= 11 is 0. The van der Waals surface area contributed by atoms with Crippen molar-refractivity contribution in [3.63, 3.8) is 0 Å². The van der Waals surface area contributed by atoms with E-state index >= 15 is 0 Å². The number of hydrogen-bond acceptors (Lipinski definition) is 3. The van der Waals surface area contributed by atoms with Crippen LogP contribution in [0, 0.1) is 0 Å². The zero-order valence-electron chi connectivity index (χ0n) is 10.8. The molecule has 0 aromatic heterocycles. The van der Waals surface area contributed by atoms with Crippen molar-refractivity contribution in [2.24, 2.45) is 0 Å². The molecular formula is C14H19NO3. The quantitative estimate of drug-likeness (QED) is 0.831. The van der Waals surface area contributed by atoms with E-state index in [1.165, 1.54) is 0 Å². The summed E-state index contributed by atoms with van der Waals surface area (Å²) in [5, 5.41) is 12.8. The summed E-state index contributed by atoms with van der Waals surface area (Å²) < 4.78 is 5.07. The van der Waals surface area contributed by atoms with E-state index in [0.717, 1.165) is 17.5 Å². The Morgan fingerprint density at radius 1 is 1.56 bits per heavy atom. The van der Waals surface area contributed by atoms with Gasteiger partial charge in [-0.25, -0.2) is 4.79 Å². The maximum atomic E-state index is 11.7. The number of fused-ring (bicyclic) bond motifs is 1. The third-order valence-electron chi connectivity index (χ3n) is 3.52. The Hall–Kier alpha value is -1.39. The van der Waals surface area contributed by atoms with Crippen molar-refractivity contribution in [1.82, 2.24) is 5.32 Å². The Bertz CT molecular complexity index is 446. The molecule has 0 fully saturated rings. The number of rotatable bonds is 5. The Morgan fingerprint density at radius 2 is 2.28 bits per heavy atom. The first-order chi connectivity index (χ1) is 8.60. The van der Waals surface area contributed by atoms with Crippen LogP contribution in [0.5, 0.6) is 0 Å². The van der Waals surface area contributed by atoms with Crippen LogP contribution in [0.1, 0.15) is 24.5 Å². The van der Waals surface area contributed by atoms with Crippen LogP contribution in [0.2, 0.25) is 0 Å². The Morgan fingerprint density at radius 3 is 2.94 bits per heavy atom. The SMILES string of the molecule is COCC(C)NC1(C(=O)O)CCc2ccccc21. The van der Waals surface area contributed by atoms with Gasteiger partial charge in [-0.05, 0) is 30.9 Å². The minimum Gasteiger partial charge on any atom is -0.480 e. The van der Waals surface area contributed by atoms with Gasteiger partial charge in [-0.2, -0.15) is 0 Å². The lowest BCUT2D eigenvalue weighted by Crippen LogP contribution is -2.52. The molecule has 0 saturated heterocycles. The predicted molar refractivity (Wildman–Crippen MR) is 68.6 cm³/mol. The molecule has 0 bridgehead atoms. The van der Waals surface area contributed by atoms with E-state index < -0.39 is 11.5 Å². The topological polar surface area (TPSA) is 58.6 Å². The van der Waals surface area contributed by atoms with Crippen molar-refractivity contribution < 1.29 is 14.6 Å². The van der Waals surface area contributed by atoms with Gasteiger partial charge in [0.1, 0.15) is 5.54 Å². The third kappa shape index (κ3) is 2.13. The average Bonchev–Trinajstić information content (AvgIpc) is 2.70. The van der Waals surface area contributed by atoms with Gasteiger partial charge < -0.3 is 9.84 Å². The number of benzene rings is 1. The fourth-order valence-corrected chi connectivity index (χ4v) is 2.76. The number of aryl methyl sites for hydroxylation is 1. The molecule has 0 radical (unpaired) electrons. The lowest BCUT2D eigenvalue weighted by atomic mass is 9.91. The summed E-state index contributed by atoms with van der Waals surface area (Å²) in [5.74, 6) is -0.810. The van der Waals surface area contributed by atoms with Crippen LogP contribution >= 0.6 is 0 Å². The molecule has 0 amide bonds. The van der Waals surface area contributed by atoms with Crippen molar-refractivity contribution in [3.05, 3.63) is 35.4 Å². The highest BCUT2D eigenvalue weighted by atomic mass is 16.5. The second-order valence-corrected chi connectivity index (χ2v) is 4.87. The van der Waals surface area contributed by atoms with Crippen molar-refractivity contribution in [1.29, 1.82) is 0 Å². The molecule has 1 aliphatic carbocycles. The highest BCUT2D eigenvalue weighted by Gasteiger charge is 2.45. The molecule has 4 nitrogen and oxygen atoms in total. The average molecular weight is 249 g/mol. The van der Waals surface area contributed by atoms with Gasteiger partial charge in [0.15, 0.2) is 0 Å². The lowest BCUT2D eigenvalue weighted by Gasteiger charge is -2.30. The molecule has 0 saturated carbocycles. The monoisotopic (exact) mass is 249 g/mol. The largest absolute Gasteiger partial charge is 0.480 e. The number of carboxylic acids is 1. The molecule has 2 atom stereocenters. The van der Waals surface area contributed by atoms with Crippen molar-refractivity contribution in [2.75, 3.05) is 13.7 Å². The van der Waals surface area contributed by atoms with Crippen LogP contribution in [0.3, 0.4) is 0 Å². The maximum Gasteiger partial charge on any atom is 0.328 e. The van der Waals surface area contributed by atoms with Crippen molar-refractivity contribution in [3.8, 4) is 0 Å². The zero-order valence-corrected chi connectivity index (χ0v) is 10.8. The first kappa shape index (κ1) is 13.1. The van der Waals surface area contributed by atoms with Crippen LogP contribution in [0.4, 0.5) is 0 Å². The number of ether oxygens (including phenoxy) is 1. The van der Waals surface area contributed by atoms with E-state index in [1.807, 2.05) is 31.2 Å². The second kappa shape index (κ2) is 5.08. The Kier molecular flexibility index (Phi) is 3.68. The van der Waals surface area contributed by atoms with Gasteiger partial charge in [-0.1, -0.05) is 24.3 Å². The van der Waals surface area contributed by atoms with E-state index in [1.54, 1.807) is 7.11 Å². The Labute approximate surface area is 107 Å². The van der Waals surface area contributed by atoms with Crippen molar-refractivity contribution in [2.45, 2.75) is 31.3 Å². The zero-order chi connectivity index (χ0) is 13.2. The molecule has 1 aliphatic rings. The predicted octanol–water partition coefficient (Wildman–Crippen LogP) is 1.54. The standard InChI is InChI=1S/C14H19NO3/c1-10(9-18-2)15-14(13(16)17)8-7-11-5-3-4-6-12(11)14/h3-6,10,15H,7-9H2,1-2H3,(H,16,17). The number of nitrogens with one attached hydrogen (secondary N) is 1. The van der Waals surface area contributed by atoms with Gasteiger partial charge >= 0.3 is 5.97 Å². The van der Waals surface area contributed by atoms with E-state index in [-0.39, 0.29) is 6.04 Å². The molecule has 2 unspecified atom stereocenters. The normalized spacial score (nSPS) is 23.7. The number of aliphatic carboxylic acids is 1. The van der Waals surface area contributed by atoms with Crippen molar-refractivity contribution >= 4 is 5.97 Å². The van der Waals surface area contributed by atoms with Gasteiger partial charge in [0.25, 0.3) is 0 Å². The number of carboxylic acid groups (broad SMARTS) is 1. The summed E-state index contributed by atoms with van der Waals surface area (Å²) in [6.45, 7) is 2.44. The lowest BCUT2D eigenvalue weighted by molar-refractivity contribution is -0.146. The smallest absolute Gasteiger partial charge is 0.328 e. The summed E-state index contributed by atoms with van der Waals surface area (Å²) in [6.07, 6.45) is 1.39. The summed E-state index contributed by atoms with van der Waals surface area (Å²) in [6, 6.07) is 7.75. The van der Waals surface area contributed by atoms with Crippen LogP contribution in [0.25, 0.3) is 0 Å². The molecule has 0 aliphatic heterocycles. The minimum absolute atomic E-state index is 0.00254. The Balaban J connectivity index is 2.33. The molecule has 0 spiro atoms. The van der Waals surface area contributed by atoms with Gasteiger partial charge in [0.2, 0.25) is 0 Å². The first-order valence-corrected chi connectivity index (χ1v) is 6.18. The first-order valence-electron chi connectivity index (χ1n) is 6.18. The van der Waals surface area contributed by atoms with Crippen LogP contribution in [-0.4, -0.2) is 30.8 Å². The molecule has 98 valence electrons. The highest BCUT2D eigenvalue weighted by Crippen LogP contribution is 2.37. The summed E-state index contributed by atoms with van der Waals surface area (Å²) in [5.41, 5.74) is 1.05. The second-order valence-electron chi connectivity index (χ2n) is 4.87. The van der Waals surface area contributed by atoms with E-state index in [0.29, 0.717) is 13.0 Å². The third-order valence-corrected chi connectivity index (χ3v) is 3.52. The molecule has 0 heterocycles. The van der Waals surface area contributed by atoms with Crippen LogP contribution in [0.15, 0.2) is 24.3 Å². The number of carbonyl (C=O) groups is 1. The highest BCUT2D eigenvalue weighted by molar-refractivity contribution is 5.82. The molecule has 1 aromatic carbocycles. The van der Waals surface area contributed by atoms with Gasteiger partial charge in [0, 0.05) is 13.2 Å². The van der Waals surface area contributed by atoms with E-state index in [9.17, 15) is 9.90 Å². The van der Waals surface area contributed by atoms with E-state index in [2.05, 4.69) is 5.32 Å². The maximum absolute atomic E-state index is 11.7. The number of methoxy groups -OCH3 is 1.